The Morgan fingerprint density at radius 3 is 2.67 bits per heavy atom. The van der Waals surface area contributed by atoms with Crippen LogP contribution in [0.2, 0.25) is 5.15 Å². The molecule has 2 aromatic rings. The summed E-state index contributed by atoms with van der Waals surface area (Å²) >= 11 is 5.81. The van der Waals surface area contributed by atoms with Gasteiger partial charge in [-0.05, 0) is 18.2 Å². The number of nitrogen functional groups attached to an aromatic ring is 1. The highest BCUT2D eigenvalue weighted by molar-refractivity contribution is 6.29. The summed E-state index contributed by atoms with van der Waals surface area (Å²) in [5.41, 5.74) is 6.49. The summed E-state index contributed by atoms with van der Waals surface area (Å²) in [5, 5.41) is 2.68. The fraction of sp³-hybridized carbons (Fsp3) is 0.154. The number of carbonyl (C=O) groups excluding carboxylic acids is 1. The molecule has 1 aromatic heterocycles. The Morgan fingerprint density at radius 1 is 1.24 bits per heavy atom. The number of methoxy groups -OCH3 is 2. The first kappa shape index (κ1) is 14.9. The lowest BCUT2D eigenvalue weighted by atomic mass is 10.2. The van der Waals surface area contributed by atoms with E-state index in [1.165, 1.54) is 26.4 Å². The molecule has 0 saturated carbocycles. The second kappa shape index (κ2) is 6.27. The van der Waals surface area contributed by atoms with Crippen molar-refractivity contribution in [3.05, 3.63) is 35.0 Å². The molecule has 0 spiro atoms. The summed E-state index contributed by atoms with van der Waals surface area (Å²) in [6.45, 7) is 0. The first-order chi connectivity index (χ1) is 10.0. The van der Waals surface area contributed by atoms with Crippen LogP contribution in [0.25, 0.3) is 0 Å². The Bertz CT molecular complexity index is 678. The molecule has 0 fully saturated rings. The quantitative estimate of drug-likeness (QED) is 0.662. The number of anilines is 2. The summed E-state index contributed by atoms with van der Waals surface area (Å²) in [5.74, 6) is 0.283. The van der Waals surface area contributed by atoms with Crippen LogP contribution >= 0.6 is 11.6 Å². The van der Waals surface area contributed by atoms with Crippen molar-refractivity contribution in [3.63, 3.8) is 0 Å². The molecule has 2 rings (SSSR count). The number of ether oxygens (including phenoxy) is 2. The first-order valence-corrected chi connectivity index (χ1v) is 6.24. The van der Waals surface area contributed by atoms with E-state index in [1.54, 1.807) is 12.1 Å². The molecule has 0 saturated heterocycles. The van der Waals surface area contributed by atoms with Crippen LogP contribution in [0.5, 0.6) is 11.6 Å². The lowest BCUT2D eigenvalue weighted by Crippen LogP contribution is -2.14. The van der Waals surface area contributed by atoms with Gasteiger partial charge in [0.25, 0.3) is 5.91 Å². The molecule has 1 heterocycles. The minimum Gasteiger partial charge on any atom is -0.495 e. The summed E-state index contributed by atoms with van der Waals surface area (Å²) in [4.78, 5) is 20.0. The normalized spacial score (nSPS) is 10.0. The molecule has 0 aliphatic rings. The number of nitrogens with zero attached hydrogens (tertiary/aromatic N) is 2. The van der Waals surface area contributed by atoms with Crippen LogP contribution < -0.4 is 20.5 Å². The maximum atomic E-state index is 12.1. The van der Waals surface area contributed by atoms with Gasteiger partial charge in [-0.1, -0.05) is 11.6 Å². The number of hydrogen-bond acceptors (Lipinski definition) is 6. The van der Waals surface area contributed by atoms with Gasteiger partial charge in [0.05, 0.1) is 19.9 Å². The maximum absolute atomic E-state index is 12.1. The Hall–Kier alpha value is -2.54. The van der Waals surface area contributed by atoms with E-state index in [1.807, 2.05) is 0 Å². The Kier molecular flexibility index (Phi) is 4.44. The molecule has 1 aromatic carbocycles. The lowest BCUT2D eigenvalue weighted by molar-refractivity contribution is 0.102. The molecule has 110 valence electrons. The Balaban J connectivity index is 2.23. The largest absolute Gasteiger partial charge is 0.495 e. The zero-order valence-electron chi connectivity index (χ0n) is 11.4. The third kappa shape index (κ3) is 3.51. The number of nitrogens with two attached hydrogens (primary N) is 1. The zero-order chi connectivity index (χ0) is 15.4. The average Bonchev–Trinajstić information content (AvgIpc) is 2.46. The van der Waals surface area contributed by atoms with Gasteiger partial charge < -0.3 is 15.2 Å². The highest BCUT2D eigenvalue weighted by Gasteiger charge is 2.12. The topological polar surface area (TPSA) is 99.4 Å². The molecule has 0 bridgehead atoms. The summed E-state index contributed by atoms with van der Waals surface area (Å²) < 4.78 is 10.0. The monoisotopic (exact) mass is 308 g/mol. The van der Waals surface area contributed by atoms with Crippen molar-refractivity contribution in [1.82, 2.24) is 9.97 Å². The zero-order valence-corrected chi connectivity index (χ0v) is 12.1. The molecule has 3 N–H and O–H groups in total. The van der Waals surface area contributed by atoms with Gasteiger partial charge in [0.1, 0.15) is 10.9 Å². The van der Waals surface area contributed by atoms with Gasteiger partial charge in [-0.25, -0.2) is 4.98 Å². The molecule has 7 nitrogen and oxygen atoms in total. The van der Waals surface area contributed by atoms with Gasteiger partial charge >= 0.3 is 0 Å². The highest BCUT2D eigenvalue weighted by Crippen LogP contribution is 2.23. The van der Waals surface area contributed by atoms with Crippen molar-refractivity contribution in [2.75, 3.05) is 25.3 Å². The summed E-state index contributed by atoms with van der Waals surface area (Å²) in [6.07, 6.45) is 0. The van der Waals surface area contributed by atoms with E-state index in [0.29, 0.717) is 17.0 Å². The van der Waals surface area contributed by atoms with E-state index in [9.17, 15) is 4.79 Å². The predicted octanol–water partition coefficient (Wildman–Crippen LogP) is 1.98. The Labute approximate surface area is 126 Å². The molecular weight excluding hydrogens is 296 g/mol. The number of benzene rings is 1. The lowest BCUT2D eigenvalue weighted by Gasteiger charge is -2.08. The molecule has 21 heavy (non-hydrogen) atoms. The SMILES string of the molecule is COc1cc(Cl)nc(NC(=O)c2ccc(N)c(OC)c2)n1. The van der Waals surface area contributed by atoms with Crippen LogP contribution in [0.3, 0.4) is 0 Å². The summed E-state index contributed by atoms with van der Waals surface area (Å²) in [7, 11) is 2.91. The minimum absolute atomic E-state index is 0.0418. The van der Waals surface area contributed by atoms with Crippen molar-refractivity contribution in [1.29, 1.82) is 0 Å². The number of halogens is 1. The number of rotatable bonds is 4. The standard InChI is InChI=1S/C13H13ClN4O3/c1-20-9-5-7(3-4-8(9)15)12(19)18-13-16-10(14)6-11(17-13)21-2/h3-6H,15H2,1-2H3,(H,16,17,18,19). The van der Waals surface area contributed by atoms with Gasteiger partial charge in [0, 0.05) is 11.6 Å². The van der Waals surface area contributed by atoms with Crippen LogP contribution in [-0.4, -0.2) is 30.1 Å². The average molecular weight is 309 g/mol. The van der Waals surface area contributed by atoms with E-state index in [0.717, 1.165) is 0 Å². The predicted molar refractivity (Wildman–Crippen MR) is 79.0 cm³/mol. The second-order valence-corrected chi connectivity index (χ2v) is 4.35. The van der Waals surface area contributed by atoms with E-state index in [2.05, 4.69) is 15.3 Å². The molecule has 0 atom stereocenters. The minimum atomic E-state index is -0.419. The van der Waals surface area contributed by atoms with E-state index in [4.69, 9.17) is 26.8 Å². The molecule has 8 heteroatoms. The van der Waals surface area contributed by atoms with E-state index >= 15 is 0 Å². The van der Waals surface area contributed by atoms with Gasteiger partial charge in [-0.3, -0.25) is 10.1 Å². The number of hydrogen-bond donors (Lipinski definition) is 2. The summed E-state index contributed by atoms with van der Waals surface area (Å²) in [6, 6.07) is 6.10. The van der Waals surface area contributed by atoms with Crippen molar-refractivity contribution in [2.45, 2.75) is 0 Å². The van der Waals surface area contributed by atoms with Crippen molar-refractivity contribution in [3.8, 4) is 11.6 Å². The fourth-order valence-corrected chi connectivity index (χ4v) is 1.76. The van der Waals surface area contributed by atoms with Gasteiger partial charge in [0.15, 0.2) is 0 Å². The van der Waals surface area contributed by atoms with Crippen molar-refractivity contribution in [2.24, 2.45) is 0 Å². The van der Waals surface area contributed by atoms with Crippen LogP contribution in [0.1, 0.15) is 10.4 Å². The fourth-order valence-electron chi connectivity index (χ4n) is 1.58. The number of carbonyl (C=O) groups is 1. The molecule has 1 amide bonds. The number of nitrogens with one attached hydrogen (secondary N) is 1. The van der Waals surface area contributed by atoms with Gasteiger partial charge in [0.2, 0.25) is 11.8 Å². The molecule has 0 aliphatic heterocycles. The third-order valence-corrected chi connectivity index (χ3v) is 2.80. The van der Waals surface area contributed by atoms with Crippen LogP contribution in [0, 0.1) is 0 Å². The van der Waals surface area contributed by atoms with Gasteiger partial charge in [-0.15, -0.1) is 0 Å². The number of amides is 1. The van der Waals surface area contributed by atoms with E-state index < -0.39 is 5.91 Å². The smallest absolute Gasteiger partial charge is 0.258 e. The number of aromatic nitrogens is 2. The Morgan fingerprint density at radius 2 is 2.00 bits per heavy atom. The maximum Gasteiger partial charge on any atom is 0.258 e. The third-order valence-electron chi connectivity index (χ3n) is 2.60. The van der Waals surface area contributed by atoms with Crippen LogP contribution in [0.15, 0.2) is 24.3 Å². The first-order valence-electron chi connectivity index (χ1n) is 5.87. The van der Waals surface area contributed by atoms with E-state index in [-0.39, 0.29) is 17.0 Å². The molecule has 0 aliphatic carbocycles. The molecule has 0 radical (unpaired) electrons. The molecule has 0 unspecified atom stereocenters. The second-order valence-electron chi connectivity index (χ2n) is 3.97. The van der Waals surface area contributed by atoms with Crippen LogP contribution in [0.4, 0.5) is 11.6 Å². The highest BCUT2D eigenvalue weighted by atomic mass is 35.5. The van der Waals surface area contributed by atoms with Crippen molar-refractivity contribution < 1.29 is 14.3 Å². The van der Waals surface area contributed by atoms with Crippen molar-refractivity contribution >= 4 is 29.1 Å². The van der Waals surface area contributed by atoms with Crippen LogP contribution in [-0.2, 0) is 0 Å². The van der Waals surface area contributed by atoms with Gasteiger partial charge in [-0.2, -0.15) is 4.98 Å². The molecular formula is C13H13ClN4O3.